The van der Waals surface area contributed by atoms with Gasteiger partial charge in [-0.05, 0) is 63.3 Å². The van der Waals surface area contributed by atoms with Crippen LogP contribution in [-0.2, 0) is 0 Å². The maximum Gasteiger partial charge on any atom is 0.119 e. The van der Waals surface area contributed by atoms with Crippen molar-refractivity contribution in [3.8, 4) is 5.75 Å². The monoisotopic (exact) mass is 282 g/mol. The van der Waals surface area contributed by atoms with Gasteiger partial charge in [0.1, 0.15) is 5.75 Å². The molecule has 1 aliphatic heterocycles. The highest BCUT2D eigenvalue weighted by Gasteiger charge is 2.28. The molecule has 2 N–H and O–H groups in total. The van der Waals surface area contributed by atoms with E-state index in [1.54, 1.807) is 0 Å². The van der Waals surface area contributed by atoms with Crippen LogP contribution in [0.1, 0.15) is 33.1 Å². The Morgan fingerprint density at radius 1 is 1.05 bits per heavy atom. The Morgan fingerprint density at radius 3 is 2.32 bits per heavy atom. The molecule has 2 unspecified atom stereocenters. The van der Waals surface area contributed by atoms with E-state index in [0.717, 1.165) is 29.7 Å². The Bertz CT molecular complexity index is 372. The molecule has 1 aromatic carbocycles. The highest BCUT2D eigenvalue weighted by molar-refractivity contribution is 6.30. The zero-order valence-electron chi connectivity index (χ0n) is 11.7. The summed E-state index contributed by atoms with van der Waals surface area (Å²) in [6.45, 7) is 5.26. The molecular formula is C15H23ClN2O. The third-order valence-electron chi connectivity index (χ3n) is 3.84. The number of hydrazine groups is 1. The van der Waals surface area contributed by atoms with Crippen LogP contribution in [0.2, 0.25) is 5.02 Å². The van der Waals surface area contributed by atoms with Gasteiger partial charge >= 0.3 is 0 Å². The first-order valence-corrected chi connectivity index (χ1v) is 7.44. The van der Waals surface area contributed by atoms with Gasteiger partial charge in [0.25, 0.3) is 0 Å². The molecular weight excluding hydrogens is 260 g/mol. The minimum atomic E-state index is 0.562. The van der Waals surface area contributed by atoms with Gasteiger partial charge in [0, 0.05) is 17.1 Å². The summed E-state index contributed by atoms with van der Waals surface area (Å²) in [5, 5.41) is 0.747. The summed E-state index contributed by atoms with van der Waals surface area (Å²) in [4.78, 5) is 0. The Hall–Kier alpha value is -0.770. The molecule has 1 saturated heterocycles. The van der Waals surface area contributed by atoms with Crippen molar-refractivity contribution in [2.24, 2.45) is 5.92 Å². The van der Waals surface area contributed by atoms with Crippen LogP contribution >= 0.6 is 11.6 Å². The number of ether oxygens (including phenoxy) is 1. The molecule has 1 aromatic rings. The number of nitrogens with one attached hydrogen (secondary N) is 2. The summed E-state index contributed by atoms with van der Waals surface area (Å²) in [5.74, 6) is 1.62. The predicted molar refractivity (Wildman–Crippen MR) is 79.5 cm³/mol. The Kier molecular flexibility index (Phi) is 5.49. The van der Waals surface area contributed by atoms with Gasteiger partial charge in [-0.15, -0.1) is 0 Å². The smallest absolute Gasteiger partial charge is 0.119 e. The third kappa shape index (κ3) is 4.37. The highest BCUT2D eigenvalue weighted by Crippen LogP contribution is 2.21. The first-order valence-electron chi connectivity index (χ1n) is 7.06. The van der Waals surface area contributed by atoms with Crippen molar-refractivity contribution in [3.05, 3.63) is 29.3 Å². The van der Waals surface area contributed by atoms with Crippen molar-refractivity contribution in [1.29, 1.82) is 0 Å². The number of hydrogen-bond donors (Lipinski definition) is 2. The van der Waals surface area contributed by atoms with Crippen molar-refractivity contribution in [2.45, 2.75) is 45.2 Å². The van der Waals surface area contributed by atoms with E-state index >= 15 is 0 Å². The van der Waals surface area contributed by atoms with Crippen LogP contribution in [0.5, 0.6) is 5.75 Å². The number of rotatable bonds is 6. The fourth-order valence-corrected chi connectivity index (χ4v) is 2.74. The predicted octanol–water partition coefficient (Wildman–Crippen LogP) is 3.39. The van der Waals surface area contributed by atoms with E-state index in [1.807, 2.05) is 24.3 Å². The zero-order chi connectivity index (χ0) is 13.7. The molecule has 0 amide bonds. The fourth-order valence-electron chi connectivity index (χ4n) is 2.61. The van der Waals surface area contributed by atoms with Gasteiger partial charge in [-0.25, -0.2) is 0 Å². The number of halogens is 1. The molecule has 19 heavy (non-hydrogen) atoms. The van der Waals surface area contributed by atoms with E-state index in [4.69, 9.17) is 16.3 Å². The largest absolute Gasteiger partial charge is 0.494 e. The molecule has 0 radical (unpaired) electrons. The number of benzene rings is 1. The molecule has 0 aliphatic carbocycles. The Morgan fingerprint density at radius 2 is 1.68 bits per heavy atom. The first kappa shape index (κ1) is 14.6. The van der Waals surface area contributed by atoms with E-state index in [-0.39, 0.29) is 0 Å². The standard InChI is InChI=1S/C15H23ClN2O/c1-11-15(12(2)18-17-11)5-3-4-10-19-14-8-6-13(16)7-9-14/h6-9,11-12,15,17-18H,3-5,10H2,1-2H3. The van der Waals surface area contributed by atoms with Crippen LogP contribution in [0.3, 0.4) is 0 Å². The van der Waals surface area contributed by atoms with Crippen LogP contribution in [-0.4, -0.2) is 18.7 Å². The normalized spacial score (nSPS) is 26.6. The summed E-state index contributed by atoms with van der Waals surface area (Å²) in [7, 11) is 0. The van der Waals surface area contributed by atoms with Crippen molar-refractivity contribution < 1.29 is 4.74 Å². The van der Waals surface area contributed by atoms with Gasteiger partial charge in [0.15, 0.2) is 0 Å². The lowest BCUT2D eigenvalue weighted by atomic mass is 9.91. The molecule has 1 aliphatic rings. The molecule has 1 heterocycles. The Balaban J connectivity index is 1.61. The lowest BCUT2D eigenvalue weighted by Crippen LogP contribution is -2.30. The van der Waals surface area contributed by atoms with Crippen molar-refractivity contribution in [3.63, 3.8) is 0 Å². The summed E-state index contributed by atoms with van der Waals surface area (Å²) in [6, 6.07) is 8.67. The molecule has 0 saturated carbocycles. The van der Waals surface area contributed by atoms with Gasteiger partial charge < -0.3 is 4.74 Å². The first-order chi connectivity index (χ1) is 9.16. The second-order valence-electron chi connectivity index (χ2n) is 5.33. The summed E-state index contributed by atoms with van der Waals surface area (Å²) >= 11 is 5.83. The maximum absolute atomic E-state index is 5.83. The summed E-state index contributed by atoms with van der Waals surface area (Å²) in [5.41, 5.74) is 6.60. The average molecular weight is 283 g/mol. The number of unbranched alkanes of at least 4 members (excludes halogenated alkanes) is 1. The van der Waals surface area contributed by atoms with Crippen LogP contribution in [0.15, 0.2) is 24.3 Å². The van der Waals surface area contributed by atoms with Crippen LogP contribution in [0, 0.1) is 5.92 Å². The topological polar surface area (TPSA) is 33.3 Å². The lowest BCUT2D eigenvalue weighted by molar-refractivity contribution is 0.294. The van der Waals surface area contributed by atoms with Gasteiger partial charge in [-0.2, -0.15) is 0 Å². The van der Waals surface area contributed by atoms with Crippen LogP contribution < -0.4 is 15.6 Å². The molecule has 0 spiro atoms. The molecule has 3 nitrogen and oxygen atoms in total. The molecule has 0 bridgehead atoms. The fraction of sp³-hybridized carbons (Fsp3) is 0.600. The van der Waals surface area contributed by atoms with E-state index in [9.17, 15) is 0 Å². The van der Waals surface area contributed by atoms with E-state index in [0.29, 0.717) is 12.1 Å². The van der Waals surface area contributed by atoms with Crippen LogP contribution in [0.25, 0.3) is 0 Å². The lowest BCUT2D eigenvalue weighted by Gasteiger charge is -2.17. The maximum atomic E-state index is 5.83. The summed E-state index contributed by atoms with van der Waals surface area (Å²) < 4.78 is 5.69. The van der Waals surface area contributed by atoms with E-state index in [2.05, 4.69) is 24.7 Å². The quantitative estimate of drug-likeness (QED) is 0.785. The van der Waals surface area contributed by atoms with Crippen molar-refractivity contribution >= 4 is 11.6 Å². The zero-order valence-corrected chi connectivity index (χ0v) is 12.4. The van der Waals surface area contributed by atoms with Gasteiger partial charge in [-0.1, -0.05) is 11.6 Å². The molecule has 2 atom stereocenters. The molecule has 1 fully saturated rings. The molecule has 0 aromatic heterocycles. The summed E-state index contributed by atoms with van der Waals surface area (Å²) in [6.07, 6.45) is 3.54. The highest BCUT2D eigenvalue weighted by atomic mass is 35.5. The second kappa shape index (κ2) is 7.13. The van der Waals surface area contributed by atoms with Crippen molar-refractivity contribution in [1.82, 2.24) is 10.9 Å². The van der Waals surface area contributed by atoms with E-state index < -0.39 is 0 Å². The third-order valence-corrected chi connectivity index (χ3v) is 4.09. The number of hydrogen-bond acceptors (Lipinski definition) is 3. The van der Waals surface area contributed by atoms with E-state index in [1.165, 1.54) is 12.8 Å². The van der Waals surface area contributed by atoms with Gasteiger partial charge in [0.2, 0.25) is 0 Å². The SMILES string of the molecule is CC1NNC(C)C1CCCCOc1ccc(Cl)cc1. The second-order valence-corrected chi connectivity index (χ2v) is 5.76. The van der Waals surface area contributed by atoms with Crippen LogP contribution in [0.4, 0.5) is 0 Å². The van der Waals surface area contributed by atoms with Gasteiger partial charge in [0.05, 0.1) is 6.61 Å². The molecule has 4 heteroatoms. The van der Waals surface area contributed by atoms with Crippen molar-refractivity contribution in [2.75, 3.05) is 6.61 Å². The minimum Gasteiger partial charge on any atom is -0.494 e. The average Bonchev–Trinajstić information content (AvgIpc) is 2.72. The van der Waals surface area contributed by atoms with Gasteiger partial charge in [-0.3, -0.25) is 10.9 Å². The Labute approximate surface area is 120 Å². The molecule has 106 valence electrons. The minimum absolute atomic E-state index is 0.562. The molecule has 2 rings (SSSR count).